The van der Waals surface area contributed by atoms with Crippen LogP contribution in [0.15, 0.2) is 30.6 Å². The van der Waals surface area contributed by atoms with Gasteiger partial charge in [-0.1, -0.05) is 17.7 Å². The van der Waals surface area contributed by atoms with Crippen LogP contribution >= 0.6 is 11.6 Å². The lowest BCUT2D eigenvalue weighted by Crippen LogP contribution is -2.50. The number of amides is 1. The summed E-state index contributed by atoms with van der Waals surface area (Å²) in [6.07, 6.45) is 2.59. The molecule has 0 bridgehead atoms. The average Bonchev–Trinajstić information content (AvgIpc) is 3.14. The smallest absolute Gasteiger partial charge is 0.338 e. The highest BCUT2D eigenvalue weighted by Crippen LogP contribution is 2.20. The van der Waals surface area contributed by atoms with Crippen LogP contribution in [-0.4, -0.2) is 62.7 Å². The van der Waals surface area contributed by atoms with Crippen molar-refractivity contribution in [3.63, 3.8) is 0 Å². The molecule has 2 aromatic rings. The lowest BCUT2D eigenvalue weighted by molar-refractivity contribution is -0.136. The van der Waals surface area contributed by atoms with Crippen molar-refractivity contribution in [1.82, 2.24) is 19.6 Å². The molecule has 9 heteroatoms. The normalized spacial score (nSPS) is 16.3. The van der Waals surface area contributed by atoms with Gasteiger partial charge in [-0.3, -0.25) is 14.4 Å². The summed E-state index contributed by atoms with van der Waals surface area (Å²) in [5, 5.41) is 13.3. The van der Waals surface area contributed by atoms with Crippen LogP contribution in [0.4, 0.5) is 4.39 Å². The van der Waals surface area contributed by atoms with Gasteiger partial charge in [-0.25, -0.2) is 9.18 Å². The number of halogens is 2. The van der Waals surface area contributed by atoms with Crippen molar-refractivity contribution in [3.05, 3.63) is 52.6 Å². The Bertz CT molecular complexity index is 849. The Balaban J connectivity index is 1.56. The third-order valence-corrected chi connectivity index (χ3v) is 5.05. The Kier molecular flexibility index (Phi) is 5.76. The molecular formula is C18H20ClFN4O3. The molecule has 1 fully saturated rings. The van der Waals surface area contributed by atoms with Crippen molar-refractivity contribution < 1.29 is 19.1 Å². The molecule has 1 amide bonds. The number of carboxylic acid groups (broad SMARTS) is 1. The van der Waals surface area contributed by atoms with Gasteiger partial charge in [-0.15, -0.1) is 0 Å². The lowest BCUT2D eigenvalue weighted by atomic mass is 10.2. The molecule has 0 spiro atoms. The zero-order chi connectivity index (χ0) is 19.6. The number of rotatable bonds is 5. The summed E-state index contributed by atoms with van der Waals surface area (Å²) in [5.74, 6) is -1.54. The van der Waals surface area contributed by atoms with Gasteiger partial charge in [0.05, 0.1) is 11.8 Å². The van der Waals surface area contributed by atoms with E-state index in [0.29, 0.717) is 37.7 Å². The van der Waals surface area contributed by atoms with E-state index in [1.54, 1.807) is 17.9 Å². The zero-order valence-corrected chi connectivity index (χ0v) is 15.6. The second-order valence-corrected chi connectivity index (χ2v) is 6.93. The summed E-state index contributed by atoms with van der Waals surface area (Å²) < 4.78 is 14.5. The Morgan fingerprint density at radius 1 is 1.30 bits per heavy atom. The fourth-order valence-corrected chi connectivity index (χ4v) is 3.28. The van der Waals surface area contributed by atoms with Crippen molar-refractivity contribution in [1.29, 1.82) is 0 Å². The van der Waals surface area contributed by atoms with Crippen LogP contribution < -0.4 is 0 Å². The van der Waals surface area contributed by atoms with Crippen molar-refractivity contribution in [2.24, 2.45) is 0 Å². The van der Waals surface area contributed by atoms with E-state index in [0.717, 1.165) is 5.56 Å². The molecule has 27 heavy (non-hydrogen) atoms. The van der Waals surface area contributed by atoms with E-state index in [-0.39, 0.29) is 17.3 Å². The molecule has 1 saturated heterocycles. The molecule has 1 aliphatic rings. The maximum Gasteiger partial charge on any atom is 0.338 e. The fraction of sp³-hybridized carbons (Fsp3) is 0.389. The van der Waals surface area contributed by atoms with Crippen LogP contribution in [0, 0.1) is 5.82 Å². The molecule has 1 unspecified atom stereocenters. The predicted octanol–water partition coefficient (Wildman–Crippen LogP) is 2.28. The standard InChI is InChI=1S/C18H20ClFN4O3/c1-12(24-11-14(9-21-24)18(26)27)17(25)23-6-4-22(5-7-23)10-13-2-3-15(20)8-16(13)19/h2-3,8-9,11-12H,4-7,10H2,1H3,(H,26,27). The van der Waals surface area contributed by atoms with Gasteiger partial charge < -0.3 is 10.0 Å². The van der Waals surface area contributed by atoms with Gasteiger partial charge in [0.2, 0.25) is 5.91 Å². The number of nitrogens with zero attached hydrogens (tertiary/aromatic N) is 4. The van der Waals surface area contributed by atoms with Gasteiger partial charge in [-0.2, -0.15) is 5.10 Å². The summed E-state index contributed by atoms with van der Waals surface area (Å²) in [6, 6.07) is 3.79. The topological polar surface area (TPSA) is 78.7 Å². The number of carbonyl (C=O) groups excluding carboxylic acids is 1. The van der Waals surface area contributed by atoms with Crippen molar-refractivity contribution in [2.45, 2.75) is 19.5 Å². The molecule has 144 valence electrons. The molecule has 0 aliphatic carbocycles. The van der Waals surface area contributed by atoms with Crippen LogP contribution in [0.5, 0.6) is 0 Å². The third kappa shape index (κ3) is 4.45. The fourth-order valence-electron chi connectivity index (χ4n) is 3.05. The van der Waals surface area contributed by atoms with E-state index >= 15 is 0 Å². The van der Waals surface area contributed by atoms with E-state index in [2.05, 4.69) is 10.00 Å². The van der Waals surface area contributed by atoms with E-state index in [4.69, 9.17) is 16.7 Å². The predicted molar refractivity (Wildman–Crippen MR) is 97.2 cm³/mol. The first-order valence-electron chi connectivity index (χ1n) is 8.57. The molecule has 1 aromatic heterocycles. The molecule has 0 saturated carbocycles. The van der Waals surface area contributed by atoms with E-state index in [1.165, 1.54) is 29.2 Å². The quantitative estimate of drug-likeness (QED) is 0.841. The molecule has 7 nitrogen and oxygen atoms in total. The summed E-state index contributed by atoms with van der Waals surface area (Å²) in [6.45, 7) is 4.74. The Labute approximate surface area is 160 Å². The summed E-state index contributed by atoms with van der Waals surface area (Å²) >= 11 is 6.08. The summed E-state index contributed by atoms with van der Waals surface area (Å²) in [5.41, 5.74) is 0.902. The molecule has 1 atom stereocenters. The van der Waals surface area contributed by atoms with Gasteiger partial charge in [0.1, 0.15) is 11.9 Å². The first-order valence-corrected chi connectivity index (χ1v) is 8.95. The number of hydrogen-bond donors (Lipinski definition) is 1. The van der Waals surface area contributed by atoms with Gasteiger partial charge in [0.15, 0.2) is 0 Å². The lowest BCUT2D eigenvalue weighted by Gasteiger charge is -2.36. The van der Waals surface area contributed by atoms with Gasteiger partial charge >= 0.3 is 5.97 Å². The Hall–Kier alpha value is -2.45. The minimum absolute atomic E-state index is 0.0515. The highest BCUT2D eigenvalue weighted by Gasteiger charge is 2.27. The third-order valence-electron chi connectivity index (χ3n) is 4.70. The van der Waals surface area contributed by atoms with Crippen molar-refractivity contribution in [3.8, 4) is 0 Å². The van der Waals surface area contributed by atoms with Crippen LogP contribution in [0.1, 0.15) is 28.9 Å². The molecule has 0 radical (unpaired) electrons. The SMILES string of the molecule is CC(C(=O)N1CCN(Cc2ccc(F)cc2Cl)CC1)n1cc(C(=O)O)cn1. The number of piperazine rings is 1. The number of benzene rings is 1. The van der Waals surface area contributed by atoms with Crippen LogP contribution in [0.2, 0.25) is 5.02 Å². The molecule has 1 aromatic carbocycles. The van der Waals surface area contributed by atoms with Crippen molar-refractivity contribution in [2.75, 3.05) is 26.2 Å². The number of carbonyl (C=O) groups is 2. The number of aromatic nitrogens is 2. The van der Waals surface area contributed by atoms with Gasteiger partial charge in [0.25, 0.3) is 0 Å². The monoisotopic (exact) mass is 394 g/mol. The van der Waals surface area contributed by atoms with E-state index < -0.39 is 12.0 Å². The first kappa shape index (κ1) is 19.3. The minimum atomic E-state index is -1.08. The molecule has 2 heterocycles. The highest BCUT2D eigenvalue weighted by molar-refractivity contribution is 6.31. The second-order valence-electron chi connectivity index (χ2n) is 6.53. The summed E-state index contributed by atoms with van der Waals surface area (Å²) in [7, 11) is 0. The Morgan fingerprint density at radius 2 is 2.00 bits per heavy atom. The second kappa shape index (κ2) is 8.06. The Morgan fingerprint density at radius 3 is 2.59 bits per heavy atom. The highest BCUT2D eigenvalue weighted by atomic mass is 35.5. The van der Waals surface area contributed by atoms with E-state index in [9.17, 15) is 14.0 Å². The maximum atomic E-state index is 13.1. The molecule has 1 aliphatic heterocycles. The molecular weight excluding hydrogens is 375 g/mol. The maximum absolute atomic E-state index is 13.1. The first-order chi connectivity index (χ1) is 12.8. The number of aromatic carboxylic acids is 1. The molecule has 1 N–H and O–H groups in total. The van der Waals surface area contributed by atoms with Crippen LogP contribution in [0.25, 0.3) is 0 Å². The van der Waals surface area contributed by atoms with Crippen LogP contribution in [-0.2, 0) is 11.3 Å². The average molecular weight is 395 g/mol. The minimum Gasteiger partial charge on any atom is -0.478 e. The largest absolute Gasteiger partial charge is 0.478 e. The van der Waals surface area contributed by atoms with Crippen LogP contribution in [0.3, 0.4) is 0 Å². The zero-order valence-electron chi connectivity index (χ0n) is 14.8. The summed E-state index contributed by atoms with van der Waals surface area (Å²) in [4.78, 5) is 27.5. The molecule has 3 rings (SSSR count). The van der Waals surface area contributed by atoms with Gasteiger partial charge in [0, 0.05) is 43.9 Å². The van der Waals surface area contributed by atoms with Crippen molar-refractivity contribution >= 4 is 23.5 Å². The van der Waals surface area contributed by atoms with Gasteiger partial charge in [-0.05, 0) is 24.6 Å². The number of carboxylic acids is 1. The number of hydrogen-bond acceptors (Lipinski definition) is 4. The van der Waals surface area contributed by atoms with E-state index in [1.807, 2.05) is 0 Å².